The van der Waals surface area contributed by atoms with E-state index >= 15 is 0 Å². The molecule has 1 heterocycles. The summed E-state index contributed by atoms with van der Waals surface area (Å²) in [5.41, 5.74) is 1.00. The van der Waals surface area contributed by atoms with Crippen LogP contribution in [0.3, 0.4) is 0 Å². The third-order valence-electron chi connectivity index (χ3n) is 4.09. The van der Waals surface area contributed by atoms with Crippen LogP contribution in [0.2, 0.25) is 5.02 Å². The minimum Gasteiger partial charge on any atom is -0.358 e. The monoisotopic (exact) mass is 294 g/mol. The Bertz CT molecular complexity index is 566. The zero-order chi connectivity index (χ0) is 13.2. The Kier molecular flexibility index (Phi) is 3.94. The number of hydrogen-bond donors (Lipinski definition) is 1. The molecule has 1 aliphatic rings. The van der Waals surface area contributed by atoms with Gasteiger partial charge in [-0.25, -0.2) is 4.98 Å². The summed E-state index contributed by atoms with van der Waals surface area (Å²) in [5, 5.41) is 5.46. The lowest BCUT2D eigenvalue weighted by molar-refractivity contribution is 0.317. The lowest BCUT2D eigenvalue weighted by atomic mass is 9.83. The largest absolute Gasteiger partial charge is 0.358 e. The lowest BCUT2D eigenvalue weighted by Gasteiger charge is -2.31. The third kappa shape index (κ3) is 2.87. The predicted octanol–water partition coefficient (Wildman–Crippen LogP) is 5.33. The number of nitrogens with one attached hydrogen (secondary N) is 1. The molecule has 3 rings (SSSR count). The van der Waals surface area contributed by atoms with E-state index < -0.39 is 0 Å². The van der Waals surface area contributed by atoms with Gasteiger partial charge in [-0.15, -0.1) is 0 Å². The van der Waals surface area contributed by atoms with E-state index in [1.807, 2.05) is 12.1 Å². The molecule has 0 bridgehead atoms. The predicted molar refractivity (Wildman–Crippen MR) is 84.3 cm³/mol. The van der Waals surface area contributed by atoms with Crippen molar-refractivity contribution in [1.82, 2.24) is 4.98 Å². The number of fused-ring (bicyclic) bond motifs is 1. The van der Waals surface area contributed by atoms with E-state index in [0.717, 1.165) is 21.6 Å². The van der Waals surface area contributed by atoms with Gasteiger partial charge in [-0.05, 0) is 37.0 Å². The van der Waals surface area contributed by atoms with Gasteiger partial charge in [0.25, 0.3) is 0 Å². The van der Waals surface area contributed by atoms with E-state index in [1.54, 1.807) is 11.3 Å². The summed E-state index contributed by atoms with van der Waals surface area (Å²) in [5.74, 6) is 0.796. The SMILES string of the molecule is CCC1CCCCC1Nc1nc2cc(Cl)ccc2s1. The molecule has 0 amide bonds. The molecule has 2 atom stereocenters. The number of aromatic nitrogens is 1. The quantitative estimate of drug-likeness (QED) is 0.827. The summed E-state index contributed by atoms with van der Waals surface area (Å²) in [7, 11) is 0. The van der Waals surface area contributed by atoms with Crippen LogP contribution in [0.4, 0.5) is 5.13 Å². The van der Waals surface area contributed by atoms with Crippen LogP contribution in [0.1, 0.15) is 39.0 Å². The maximum atomic E-state index is 6.01. The van der Waals surface area contributed by atoms with Crippen molar-refractivity contribution in [2.24, 2.45) is 5.92 Å². The average Bonchev–Trinajstić information content (AvgIpc) is 2.80. The second-order valence-corrected chi connectivity index (χ2v) is 6.80. The average molecular weight is 295 g/mol. The molecule has 1 aromatic carbocycles. The number of benzene rings is 1. The van der Waals surface area contributed by atoms with Gasteiger partial charge in [0.2, 0.25) is 0 Å². The highest BCUT2D eigenvalue weighted by Crippen LogP contribution is 2.33. The normalized spacial score (nSPS) is 23.7. The molecule has 1 fully saturated rings. The van der Waals surface area contributed by atoms with Crippen molar-refractivity contribution < 1.29 is 0 Å². The highest BCUT2D eigenvalue weighted by Gasteiger charge is 2.24. The van der Waals surface area contributed by atoms with E-state index in [9.17, 15) is 0 Å². The molecule has 0 saturated heterocycles. The van der Waals surface area contributed by atoms with Gasteiger partial charge >= 0.3 is 0 Å². The van der Waals surface area contributed by atoms with Crippen molar-refractivity contribution >= 4 is 38.3 Å². The number of anilines is 1. The summed E-state index contributed by atoms with van der Waals surface area (Å²) in [6.45, 7) is 2.29. The Balaban J connectivity index is 1.80. The Morgan fingerprint density at radius 1 is 1.37 bits per heavy atom. The Hall–Kier alpha value is -0.800. The standard InChI is InChI=1S/C15H19ClN2S/c1-2-10-5-3-4-6-12(10)17-15-18-13-9-11(16)7-8-14(13)19-15/h7-10,12H,2-6H2,1H3,(H,17,18). The minimum absolute atomic E-state index is 0.592. The molecule has 0 spiro atoms. The molecular formula is C15H19ClN2S. The number of nitrogens with zero attached hydrogens (tertiary/aromatic N) is 1. The van der Waals surface area contributed by atoms with Crippen LogP contribution in [-0.4, -0.2) is 11.0 Å². The first-order valence-corrected chi connectivity index (χ1v) is 8.28. The van der Waals surface area contributed by atoms with E-state index in [0.29, 0.717) is 6.04 Å². The maximum absolute atomic E-state index is 6.01. The van der Waals surface area contributed by atoms with E-state index in [1.165, 1.54) is 36.8 Å². The van der Waals surface area contributed by atoms with Crippen LogP contribution < -0.4 is 5.32 Å². The van der Waals surface area contributed by atoms with Gasteiger partial charge in [-0.1, -0.05) is 49.1 Å². The molecule has 1 saturated carbocycles. The molecule has 2 unspecified atom stereocenters. The first-order chi connectivity index (χ1) is 9.26. The zero-order valence-corrected chi connectivity index (χ0v) is 12.7. The fourth-order valence-electron chi connectivity index (χ4n) is 3.01. The van der Waals surface area contributed by atoms with E-state index in [4.69, 9.17) is 11.6 Å². The van der Waals surface area contributed by atoms with Crippen molar-refractivity contribution in [2.45, 2.75) is 45.1 Å². The van der Waals surface area contributed by atoms with Crippen molar-refractivity contribution in [3.8, 4) is 0 Å². The van der Waals surface area contributed by atoms with Crippen molar-refractivity contribution in [3.05, 3.63) is 23.2 Å². The van der Waals surface area contributed by atoms with E-state index in [-0.39, 0.29) is 0 Å². The molecule has 102 valence electrons. The number of thiazole rings is 1. The molecule has 19 heavy (non-hydrogen) atoms. The molecule has 2 aromatic rings. The second-order valence-electron chi connectivity index (χ2n) is 5.33. The minimum atomic E-state index is 0.592. The third-order valence-corrected chi connectivity index (χ3v) is 5.29. The maximum Gasteiger partial charge on any atom is 0.184 e. The Morgan fingerprint density at radius 3 is 3.05 bits per heavy atom. The lowest BCUT2D eigenvalue weighted by Crippen LogP contribution is -2.31. The van der Waals surface area contributed by atoms with Gasteiger partial charge in [-0.3, -0.25) is 0 Å². The summed E-state index contributed by atoms with van der Waals surface area (Å²) in [6.07, 6.45) is 6.60. The van der Waals surface area contributed by atoms with Crippen molar-refractivity contribution in [3.63, 3.8) is 0 Å². The Morgan fingerprint density at radius 2 is 2.21 bits per heavy atom. The van der Waals surface area contributed by atoms with Crippen molar-refractivity contribution in [1.29, 1.82) is 0 Å². The molecule has 0 radical (unpaired) electrons. The van der Waals surface area contributed by atoms with Crippen LogP contribution in [0.25, 0.3) is 10.2 Å². The smallest absolute Gasteiger partial charge is 0.184 e. The van der Waals surface area contributed by atoms with Gasteiger partial charge in [0.15, 0.2) is 5.13 Å². The molecule has 2 nitrogen and oxygen atoms in total. The second kappa shape index (κ2) is 5.68. The molecule has 1 aliphatic carbocycles. The van der Waals surface area contributed by atoms with E-state index in [2.05, 4.69) is 23.3 Å². The van der Waals surface area contributed by atoms with Crippen LogP contribution >= 0.6 is 22.9 Å². The van der Waals surface area contributed by atoms with Gasteiger partial charge < -0.3 is 5.32 Å². The summed E-state index contributed by atoms with van der Waals surface area (Å²) >= 11 is 7.74. The number of halogens is 1. The van der Waals surface area contributed by atoms with Gasteiger partial charge in [-0.2, -0.15) is 0 Å². The summed E-state index contributed by atoms with van der Waals surface area (Å²) < 4.78 is 1.20. The van der Waals surface area contributed by atoms with Crippen LogP contribution in [-0.2, 0) is 0 Å². The molecule has 1 aromatic heterocycles. The fraction of sp³-hybridized carbons (Fsp3) is 0.533. The van der Waals surface area contributed by atoms with Gasteiger partial charge in [0.1, 0.15) is 0 Å². The molecule has 1 N–H and O–H groups in total. The van der Waals surface area contributed by atoms with Crippen molar-refractivity contribution in [2.75, 3.05) is 5.32 Å². The number of rotatable bonds is 3. The molecule has 0 aliphatic heterocycles. The highest BCUT2D eigenvalue weighted by molar-refractivity contribution is 7.22. The number of hydrogen-bond acceptors (Lipinski definition) is 3. The van der Waals surface area contributed by atoms with Gasteiger partial charge in [0, 0.05) is 11.1 Å². The summed E-state index contributed by atoms with van der Waals surface area (Å²) in [4.78, 5) is 4.66. The molecular weight excluding hydrogens is 276 g/mol. The van der Waals surface area contributed by atoms with Crippen LogP contribution in [0.5, 0.6) is 0 Å². The fourth-order valence-corrected chi connectivity index (χ4v) is 4.08. The van der Waals surface area contributed by atoms with Crippen LogP contribution in [0, 0.1) is 5.92 Å². The zero-order valence-electron chi connectivity index (χ0n) is 11.2. The van der Waals surface area contributed by atoms with Crippen LogP contribution in [0.15, 0.2) is 18.2 Å². The molecule has 4 heteroatoms. The summed E-state index contributed by atoms with van der Waals surface area (Å²) in [6, 6.07) is 6.52. The van der Waals surface area contributed by atoms with Gasteiger partial charge in [0.05, 0.1) is 10.2 Å². The topological polar surface area (TPSA) is 24.9 Å². The Labute approximate surface area is 123 Å². The first-order valence-electron chi connectivity index (χ1n) is 7.09. The first kappa shape index (κ1) is 13.2. The highest BCUT2D eigenvalue weighted by atomic mass is 35.5.